The van der Waals surface area contributed by atoms with Crippen molar-refractivity contribution in [3.63, 3.8) is 0 Å². The molecule has 2 aromatic heterocycles. The smallest absolute Gasteiger partial charge is 0.222 e. The van der Waals surface area contributed by atoms with Gasteiger partial charge in [0.2, 0.25) is 5.95 Å². The molecular formula is C23H34N8O2. The molecule has 4 N–H and O–H groups in total. The third-order valence-electron chi connectivity index (χ3n) is 5.61. The average Bonchev–Trinajstić information content (AvgIpc) is 3.31. The van der Waals surface area contributed by atoms with Gasteiger partial charge in [0.1, 0.15) is 11.6 Å². The second-order valence-electron chi connectivity index (χ2n) is 8.09. The molecular weight excluding hydrogens is 420 g/mol. The molecule has 0 aliphatic rings. The number of nitrogens with two attached hydrogens (primary N) is 1. The number of aromatic nitrogens is 6. The zero-order valence-corrected chi connectivity index (χ0v) is 19.9. The largest absolute Gasteiger partial charge is 0.496 e. The predicted octanol–water partition coefficient (Wildman–Crippen LogP) is 3.08. The van der Waals surface area contributed by atoms with E-state index in [1.54, 1.807) is 14.2 Å². The molecule has 0 saturated carbocycles. The lowest BCUT2D eigenvalue weighted by molar-refractivity contribution is 0.188. The summed E-state index contributed by atoms with van der Waals surface area (Å²) in [6.45, 7) is 4.84. The lowest BCUT2D eigenvalue weighted by atomic mass is 9.99. The molecule has 3 aromatic rings. The maximum atomic E-state index is 6.02. The number of tetrazole rings is 1. The number of hydrogen-bond donors (Lipinski definition) is 3. The van der Waals surface area contributed by atoms with Gasteiger partial charge in [-0.1, -0.05) is 37.1 Å². The molecule has 0 amide bonds. The summed E-state index contributed by atoms with van der Waals surface area (Å²) in [7, 11) is 3.40. The highest BCUT2D eigenvalue weighted by Crippen LogP contribution is 2.29. The zero-order valence-electron chi connectivity index (χ0n) is 19.9. The number of aromatic amines is 1. The van der Waals surface area contributed by atoms with Crippen molar-refractivity contribution < 1.29 is 9.47 Å². The molecule has 178 valence electrons. The first kappa shape index (κ1) is 24.4. The van der Waals surface area contributed by atoms with Gasteiger partial charge in [-0.25, -0.2) is 4.98 Å². The zero-order chi connectivity index (χ0) is 23.6. The van der Waals surface area contributed by atoms with E-state index in [9.17, 15) is 0 Å². The molecule has 0 saturated heterocycles. The quantitative estimate of drug-likeness (QED) is 0.356. The molecule has 0 aliphatic heterocycles. The van der Waals surface area contributed by atoms with Gasteiger partial charge < -0.3 is 20.5 Å². The van der Waals surface area contributed by atoms with Crippen LogP contribution in [-0.2, 0) is 17.6 Å². The first-order valence-corrected chi connectivity index (χ1v) is 11.3. The maximum absolute atomic E-state index is 6.02. The number of H-pyrrole nitrogens is 1. The maximum Gasteiger partial charge on any atom is 0.222 e. The number of rotatable bonds is 13. The summed E-state index contributed by atoms with van der Waals surface area (Å²) in [6.07, 6.45) is 5.36. The number of anilines is 2. The Bertz CT molecular complexity index is 1000. The first-order valence-electron chi connectivity index (χ1n) is 11.3. The minimum Gasteiger partial charge on any atom is -0.496 e. The Hall–Kier alpha value is -3.27. The van der Waals surface area contributed by atoms with Gasteiger partial charge >= 0.3 is 0 Å². The number of nitrogen functional groups attached to an aromatic ring is 1. The van der Waals surface area contributed by atoms with E-state index in [0.717, 1.165) is 59.6 Å². The monoisotopic (exact) mass is 454 g/mol. The lowest BCUT2D eigenvalue weighted by Gasteiger charge is -2.22. The minimum atomic E-state index is 0.240. The third-order valence-corrected chi connectivity index (χ3v) is 5.61. The van der Waals surface area contributed by atoms with Gasteiger partial charge in [-0.15, -0.1) is 10.2 Å². The molecule has 3 rings (SSSR count). The van der Waals surface area contributed by atoms with Gasteiger partial charge in [-0.3, -0.25) is 0 Å². The van der Waals surface area contributed by atoms with Gasteiger partial charge in [0.25, 0.3) is 0 Å². The van der Waals surface area contributed by atoms with Crippen LogP contribution in [0.25, 0.3) is 0 Å². The Labute approximate surface area is 194 Å². The number of ether oxygens (including phenoxy) is 2. The van der Waals surface area contributed by atoms with Crippen LogP contribution >= 0.6 is 0 Å². The summed E-state index contributed by atoms with van der Waals surface area (Å²) in [5.41, 5.74) is 9.96. The standard InChI is InChI=1S/C23H34N8O2/c1-5-6-7-18(10-11-32-3)26-22-19(15(2)25-23(24)27-22)14-17-12-16(8-9-20(17)33-4)13-21-28-30-31-29-21/h8-9,12,18H,5-7,10-11,13-14H2,1-4H3,(H3,24,25,26,27)(H,28,29,30,31)/t18-/m0/s1. The van der Waals surface area contributed by atoms with E-state index in [-0.39, 0.29) is 12.0 Å². The fourth-order valence-corrected chi connectivity index (χ4v) is 3.85. The summed E-state index contributed by atoms with van der Waals surface area (Å²) in [6, 6.07) is 6.32. The lowest BCUT2D eigenvalue weighted by Crippen LogP contribution is -2.24. The van der Waals surface area contributed by atoms with Crippen molar-refractivity contribution >= 4 is 11.8 Å². The molecule has 0 aliphatic carbocycles. The van der Waals surface area contributed by atoms with E-state index in [1.165, 1.54) is 0 Å². The number of methoxy groups -OCH3 is 2. The summed E-state index contributed by atoms with van der Waals surface area (Å²) in [5.74, 6) is 2.47. The van der Waals surface area contributed by atoms with E-state index in [4.69, 9.17) is 15.2 Å². The number of hydrogen-bond acceptors (Lipinski definition) is 9. The van der Waals surface area contributed by atoms with E-state index in [1.807, 2.05) is 19.1 Å². The normalized spacial score (nSPS) is 12.0. The minimum absolute atomic E-state index is 0.240. The predicted molar refractivity (Wildman–Crippen MR) is 127 cm³/mol. The van der Waals surface area contributed by atoms with Gasteiger partial charge in [0.15, 0.2) is 5.82 Å². The Morgan fingerprint density at radius 3 is 2.70 bits per heavy atom. The van der Waals surface area contributed by atoms with Crippen molar-refractivity contribution in [2.24, 2.45) is 0 Å². The Morgan fingerprint density at radius 2 is 2.00 bits per heavy atom. The van der Waals surface area contributed by atoms with Crippen molar-refractivity contribution in [1.82, 2.24) is 30.6 Å². The van der Waals surface area contributed by atoms with Crippen LogP contribution in [0.3, 0.4) is 0 Å². The van der Waals surface area contributed by atoms with Crippen LogP contribution in [0.1, 0.15) is 60.8 Å². The van der Waals surface area contributed by atoms with Crippen LogP contribution in [-0.4, -0.2) is 57.5 Å². The van der Waals surface area contributed by atoms with E-state index >= 15 is 0 Å². The number of nitrogens with zero attached hydrogens (tertiary/aromatic N) is 5. The molecule has 33 heavy (non-hydrogen) atoms. The fourth-order valence-electron chi connectivity index (χ4n) is 3.85. The molecule has 10 nitrogen and oxygen atoms in total. The van der Waals surface area contributed by atoms with E-state index < -0.39 is 0 Å². The fraction of sp³-hybridized carbons (Fsp3) is 0.522. The van der Waals surface area contributed by atoms with Gasteiger partial charge in [-0.2, -0.15) is 10.2 Å². The van der Waals surface area contributed by atoms with Crippen molar-refractivity contribution in [2.75, 3.05) is 31.9 Å². The molecule has 2 heterocycles. The molecule has 0 bridgehead atoms. The molecule has 0 radical (unpaired) electrons. The molecule has 0 fully saturated rings. The summed E-state index contributed by atoms with van der Waals surface area (Å²) in [5, 5.41) is 17.9. The highest BCUT2D eigenvalue weighted by Gasteiger charge is 2.18. The molecule has 10 heteroatoms. The van der Waals surface area contributed by atoms with Crippen LogP contribution in [0, 0.1) is 6.92 Å². The Morgan fingerprint density at radius 1 is 1.15 bits per heavy atom. The van der Waals surface area contributed by atoms with E-state index in [0.29, 0.717) is 25.3 Å². The summed E-state index contributed by atoms with van der Waals surface area (Å²) >= 11 is 0. The Kier molecular flexibility index (Phi) is 8.94. The Balaban J connectivity index is 1.90. The second kappa shape index (κ2) is 12.1. The number of unbranched alkanes of at least 4 members (excludes halogenated alkanes) is 1. The van der Waals surface area contributed by atoms with Crippen molar-refractivity contribution in [2.45, 2.75) is 58.4 Å². The molecule has 0 unspecified atom stereocenters. The highest BCUT2D eigenvalue weighted by atomic mass is 16.5. The van der Waals surface area contributed by atoms with Crippen molar-refractivity contribution in [3.05, 3.63) is 46.4 Å². The van der Waals surface area contributed by atoms with Gasteiger partial charge in [-0.05, 0) is 37.0 Å². The van der Waals surface area contributed by atoms with Gasteiger partial charge in [0, 0.05) is 43.9 Å². The number of aryl methyl sites for hydroxylation is 1. The molecule has 1 atom stereocenters. The van der Waals surface area contributed by atoms with Crippen molar-refractivity contribution in [1.29, 1.82) is 0 Å². The van der Waals surface area contributed by atoms with Crippen LogP contribution in [0.5, 0.6) is 5.75 Å². The number of benzene rings is 1. The molecule has 1 aromatic carbocycles. The third kappa shape index (κ3) is 6.85. The first-order chi connectivity index (χ1) is 16.0. The van der Waals surface area contributed by atoms with Crippen LogP contribution in [0.15, 0.2) is 18.2 Å². The van der Waals surface area contributed by atoms with Crippen molar-refractivity contribution in [3.8, 4) is 5.75 Å². The molecule has 0 spiro atoms. The number of nitrogens with one attached hydrogen (secondary N) is 2. The highest BCUT2D eigenvalue weighted by molar-refractivity contribution is 5.54. The summed E-state index contributed by atoms with van der Waals surface area (Å²) in [4.78, 5) is 9.00. The van der Waals surface area contributed by atoms with Crippen LogP contribution < -0.4 is 15.8 Å². The SMILES string of the molecule is CCCC[C@@H](CCOC)Nc1nc(N)nc(C)c1Cc1cc(Cc2nn[nH]n2)ccc1OC. The van der Waals surface area contributed by atoms with E-state index in [2.05, 4.69) is 48.9 Å². The second-order valence-corrected chi connectivity index (χ2v) is 8.09. The van der Waals surface area contributed by atoms with Crippen LogP contribution in [0.4, 0.5) is 11.8 Å². The van der Waals surface area contributed by atoms with Crippen LogP contribution in [0.2, 0.25) is 0 Å². The average molecular weight is 455 g/mol. The topological polar surface area (TPSA) is 137 Å². The summed E-state index contributed by atoms with van der Waals surface area (Å²) < 4.78 is 11.0. The van der Waals surface area contributed by atoms with Gasteiger partial charge in [0.05, 0.1) is 7.11 Å².